The molecule has 0 N–H and O–H groups in total. The van der Waals surface area contributed by atoms with Gasteiger partial charge in [-0.15, -0.1) is 0 Å². The van der Waals surface area contributed by atoms with E-state index in [9.17, 15) is 4.79 Å². The summed E-state index contributed by atoms with van der Waals surface area (Å²) < 4.78 is 6.19. The van der Waals surface area contributed by atoms with E-state index >= 15 is 0 Å². The second kappa shape index (κ2) is 5.00. The van der Waals surface area contributed by atoms with Crippen LogP contribution in [0.5, 0.6) is 5.75 Å². The van der Waals surface area contributed by atoms with Crippen LogP contribution >= 0.6 is 15.9 Å². The number of ketones is 1. The van der Waals surface area contributed by atoms with Crippen molar-refractivity contribution in [1.29, 1.82) is 0 Å². The number of hydrogen-bond donors (Lipinski definition) is 0. The van der Waals surface area contributed by atoms with Crippen LogP contribution in [0, 0.1) is 5.92 Å². The molecule has 0 atom stereocenters. The number of halogens is 1. The molecule has 0 radical (unpaired) electrons. The highest BCUT2D eigenvalue weighted by Gasteiger charge is 2.25. The lowest BCUT2D eigenvalue weighted by Gasteiger charge is -2.11. The van der Waals surface area contributed by atoms with Gasteiger partial charge in [-0.05, 0) is 31.0 Å². The molecule has 0 amide bonds. The highest BCUT2D eigenvalue weighted by Crippen LogP contribution is 2.32. The SMILES string of the molecule is COc1cc(Br)ccc1C(=O)C1CCCC1. The minimum absolute atomic E-state index is 0.204. The monoisotopic (exact) mass is 282 g/mol. The molecule has 86 valence electrons. The molecule has 0 unspecified atom stereocenters. The van der Waals surface area contributed by atoms with E-state index in [1.54, 1.807) is 7.11 Å². The predicted molar refractivity (Wildman–Crippen MR) is 67.0 cm³/mol. The van der Waals surface area contributed by atoms with Gasteiger partial charge in [0.15, 0.2) is 5.78 Å². The first-order valence-corrected chi connectivity index (χ1v) is 6.39. The van der Waals surface area contributed by atoms with Crippen molar-refractivity contribution >= 4 is 21.7 Å². The van der Waals surface area contributed by atoms with E-state index in [1.165, 1.54) is 12.8 Å². The van der Waals surface area contributed by atoms with E-state index in [2.05, 4.69) is 15.9 Å². The first-order chi connectivity index (χ1) is 7.72. The molecular weight excluding hydrogens is 268 g/mol. The van der Waals surface area contributed by atoms with E-state index in [0.717, 1.165) is 22.9 Å². The third-order valence-electron chi connectivity index (χ3n) is 3.15. The lowest BCUT2D eigenvalue weighted by molar-refractivity contribution is 0.0920. The fraction of sp³-hybridized carbons (Fsp3) is 0.462. The minimum Gasteiger partial charge on any atom is -0.496 e. The summed E-state index contributed by atoms with van der Waals surface area (Å²) in [5, 5.41) is 0. The Morgan fingerprint density at radius 2 is 2.06 bits per heavy atom. The van der Waals surface area contributed by atoms with Gasteiger partial charge in [-0.2, -0.15) is 0 Å². The second-order valence-electron chi connectivity index (χ2n) is 4.19. The minimum atomic E-state index is 0.204. The second-order valence-corrected chi connectivity index (χ2v) is 5.11. The van der Waals surface area contributed by atoms with Crippen LogP contribution in [0.25, 0.3) is 0 Å². The Labute approximate surface area is 104 Å². The summed E-state index contributed by atoms with van der Waals surface area (Å²) in [4.78, 5) is 12.2. The standard InChI is InChI=1S/C13H15BrO2/c1-16-12-8-10(14)6-7-11(12)13(15)9-4-2-3-5-9/h6-9H,2-5H2,1H3. The molecule has 1 aromatic carbocycles. The van der Waals surface area contributed by atoms with Crippen molar-refractivity contribution in [3.05, 3.63) is 28.2 Å². The summed E-state index contributed by atoms with van der Waals surface area (Å²) in [6.07, 6.45) is 4.40. The molecule has 0 saturated heterocycles. The number of carbonyl (C=O) groups excluding carboxylic acids is 1. The largest absolute Gasteiger partial charge is 0.496 e. The third-order valence-corrected chi connectivity index (χ3v) is 3.65. The Morgan fingerprint density at radius 3 is 2.69 bits per heavy atom. The van der Waals surface area contributed by atoms with Gasteiger partial charge >= 0.3 is 0 Å². The summed E-state index contributed by atoms with van der Waals surface area (Å²) in [5.74, 6) is 1.11. The van der Waals surface area contributed by atoms with Crippen molar-refractivity contribution in [2.45, 2.75) is 25.7 Å². The number of carbonyl (C=O) groups is 1. The summed E-state index contributed by atoms with van der Waals surface area (Å²) in [5.41, 5.74) is 0.720. The summed E-state index contributed by atoms with van der Waals surface area (Å²) in [6.45, 7) is 0. The van der Waals surface area contributed by atoms with Crippen LogP contribution in [0.3, 0.4) is 0 Å². The van der Waals surface area contributed by atoms with E-state index in [4.69, 9.17) is 4.74 Å². The molecule has 1 aliphatic rings. The molecular formula is C13H15BrO2. The highest BCUT2D eigenvalue weighted by molar-refractivity contribution is 9.10. The van der Waals surface area contributed by atoms with Crippen LogP contribution in [-0.2, 0) is 0 Å². The van der Waals surface area contributed by atoms with Crippen LogP contribution in [0.1, 0.15) is 36.0 Å². The van der Waals surface area contributed by atoms with E-state index < -0.39 is 0 Å². The van der Waals surface area contributed by atoms with Gasteiger partial charge in [-0.25, -0.2) is 0 Å². The molecule has 0 heterocycles. The summed E-state index contributed by atoms with van der Waals surface area (Å²) >= 11 is 3.38. The Bertz CT molecular complexity index is 395. The summed E-state index contributed by atoms with van der Waals surface area (Å²) in [7, 11) is 1.60. The molecule has 0 bridgehead atoms. The fourth-order valence-corrected chi connectivity index (χ4v) is 2.62. The van der Waals surface area contributed by atoms with Crippen LogP contribution < -0.4 is 4.74 Å². The van der Waals surface area contributed by atoms with Crippen LogP contribution in [-0.4, -0.2) is 12.9 Å². The molecule has 2 rings (SSSR count). The van der Waals surface area contributed by atoms with Crippen molar-refractivity contribution in [1.82, 2.24) is 0 Å². The fourth-order valence-electron chi connectivity index (χ4n) is 2.28. The molecule has 2 nitrogen and oxygen atoms in total. The number of ether oxygens (including phenoxy) is 1. The van der Waals surface area contributed by atoms with Crippen molar-refractivity contribution < 1.29 is 9.53 Å². The van der Waals surface area contributed by atoms with Crippen molar-refractivity contribution in [3.63, 3.8) is 0 Å². The molecule has 3 heteroatoms. The highest BCUT2D eigenvalue weighted by atomic mass is 79.9. The molecule has 1 aliphatic carbocycles. The zero-order valence-electron chi connectivity index (χ0n) is 9.33. The van der Waals surface area contributed by atoms with Crippen molar-refractivity contribution in [2.24, 2.45) is 5.92 Å². The molecule has 0 aromatic heterocycles. The van der Waals surface area contributed by atoms with Gasteiger partial charge in [-0.3, -0.25) is 4.79 Å². The molecule has 16 heavy (non-hydrogen) atoms. The van der Waals surface area contributed by atoms with Crippen LogP contribution in [0.4, 0.5) is 0 Å². The lowest BCUT2D eigenvalue weighted by atomic mass is 9.96. The zero-order valence-corrected chi connectivity index (χ0v) is 10.9. The zero-order chi connectivity index (χ0) is 11.5. The van der Waals surface area contributed by atoms with Crippen molar-refractivity contribution in [3.8, 4) is 5.75 Å². The molecule has 0 spiro atoms. The average molecular weight is 283 g/mol. The molecule has 1 fully saturated rings. The Hall–Kier alpha value is -0.830. The van der Waals surface area contributed by atoms with Gasteiger partial charge in [0.05, 0.1) is 12.7 Å². The Kier molecular flexibility index (Phi) is 3.64. The van der Waals surface area contributed by atoms with E-state index in [-0.39, 0.29) is 11.7 Å². The van der Waals surface area contributed by atoms with Gasteiger partial charge in [0.25, 0.3) is 0 Å². The Morgan fingerprint density at radius 1 is 1.38 bits per heavy atom. The van der Waals surface area contributed by atoms with E-state index in [1.807, 2.05) is 18.2 Å². The van der Waals surface area contributed by atoms with Crippen molar-refractivity contribution in [2.75, 3.05) is 7.11 Å². The molecule has 1 aromatic rings. The number of Topliss-reactive ketones (excluding diaryl/α,β-unsaturated/α-hetero) is 1. The average Bonchev–Trinajstić information content (AvgIpc) is 2.81. The first kappa shape index (κ1) is 11.6. The van der Waals surface area contributed by atoms with Gasteiger partial charge in [-0.1, -0.05) is 28.8 Å². The smallest absolute Gasteiger partial charge is 0.169 e. The van der Waals surface area contributed by atoms with Gasteiger partial charge in [0.2, 0.25) is 0 Å². The maximum atomic E-state index is 12.2. The topological polar surface area (TPSA) is 26.3 Å². The number of hydrogen-bond acceptors (Lipinski definition) is 2. The number of rotatable bonds is 3. The maximum absolute atomic E-state index is 12.2. The lowest BCUT2D eigenvalue weighted by Crippen LogP contribution is -2.12. The summed E-state index contributed by atoms with van der Waals surface area (Å²) in [6, 6.07) is 5.59. The number of methoxy groups -OCH3 is 1. The van der Waals surface area contributed by atoms with Crippen LogP contribution in [0.2, 0.25) is 0 Å². The van der Waals surface area contributed by atoms with Gasteiger partial charge in [0.1, 0.15) is 5.75 Å². The third kappa shape index (κ3) is 2.29. The van der Waals surface area contributed by atoms with Crippen LogP contribution in [0.15, 0.2) is 22.7 Å². The van der Waals surface area contributed by atoms with E-state index in [0.29, 0.717) is 5.75 Å². The quantitative estimate of drug-likeness (QED) is 0.788. The molecule has 1 saturated carbocycles. The molecule has 0 aliphatic heterocycles. The maximum Gasteiger partial charge on any atom is 0.169 e. The Balaban J connectivity index is 2.28. The number of benzene rings is 1. The van der Waals surface area contributed by atoms with Gasteiger partial charge < -0.3 is 4.74 Å². The van der Waals surface area contributed by atoms with Gasteiger partial charge in [0, 0.05) is 10.4 Å². The predicted octanol–water partition coefficient (Wildman–Crippen LogP) is 3.83. The normalized spacial score (nSPS) is 16.4. The first-order valence-electron chi connectivity index (χ1n) is 5.60.